The Kier molecular flexibility index (Phi) is 5.47. The number of nitrogens with one attached hydrogen (secondary N) is 1. The van der Waals surface area contributed by atoms with Crippen LogP contribution in [0.3, 0.4) is 0 Å². The second-order valence-electron chi connectivity index (χ2n) is 5.31. The molecule has 1 fully saturated rings. The molecule has 3 rings (SSSR count). The summed E-state index contributed by atoms with van der Waals surface area (Å²) in [6.45, 7) is 0. The van der Waals surface area contributed by atoms with E-state index in [1.54, 1.807) is 18.2 Å². The Morgan fingerprint density at radius 1 is 1.33 bits per heavy atom. The summed E-state index contributed by atoms with van der Waals surface area (Å²) in [5.41, 5.74) is 1.08. The number of benzene rings is 2. The van der Waals surface area contributed by atoms with Crippen molar-refractivity contribution in [2.45, 2.75) is 0 Å². The van der Waals surface area contributed by atoms with Crippen LogP contribution in [0.15, 0.2) is 50.8 Å². The first-order valence-electron chi connectivity index (χ1n) is 7.48. The topological polar surface area (TPSA) is 114 Å². The van der Waals surface area contributed by atoms with Crippen molar-refractivity contribution in [3.63, 3.8) is 0 Å². The number of non-ortho nitro benzene ring substituents is 1. The highest BCUT2D eigenvalue weighted by molar-refractivity contribution is 9.10. The predicted molar refractivity (Wildman–Crippen MR) is 106 cm³/mol. The standard InChI is InChI=1S/C17H12BrN3O5S/c1-26-14-6-9(2-5-13(14)22)7-15-16(23)20-17(27-15)19-12-4-3-10(21(24)25)8-11(12)18/h2-8,22H,1H3,(H,19,20,23)/b15-7+. The van der Waals surface area contributed by atoms with Gasteiger partial charge in [-0.05, 0) is 57.5 Å². The fraction of sp³-hybridized carbons (Fsp3) is 0.0588. The number of aromatic hydroxyl groups is 1. The third-order valence-electron chi connectivity index (χ3n) is 3.52. The molecule has 0 unspecified atom stereocenters. The van der Waals surface area contributed by atoms with E-state index in [0.29, 0.717) is 31.5 Å². The number of amidine groups is 1. The molecule has 0 atom stereocenters. The zero-order valence-electron chi connectivity index (χ0n) is 13.8. The van der Waals surface area contributed by atoms with Crippen molar-refractivity contribution in [1.29, 1.82) is 0 Å². The molecule has 8 nitrogen and oxygen atoms in total. The fourth-order valence-corrected chi connectivity index (χ4v) is 3.52. The number of carbonyl (C=O) groups excluding carboxylic acids is 1. The maximum absolute atomic E-state index is 12.2. The van der Waals surface area contributed by atoms with Gasteiger partial charge in [-0.15, -0.1) is 0 Å². The third kappa shape index (κ3) is 4.29. The van der Waals surface area contributed by atoms with E-state index in [9.17, 15) is 20.0 Å². The van der Waals surface area contributed by atoms with Crippen molar-refractivity contribution in [1.82, 2.24) is 5.32 Å². The SMILES string of the molecule is COc1cc(/C=C2/SC(=Nc3ccc([N+](=O)[O-])cc3Br)NC2=O)ccc1O. The zero-order chi connectivity index (χ0) is 19.6. The summed E-state index contributed by atoms with van der Waals surface area (Å²) in [7, 11) is 1.44. The number of rotatable bonds is 4. The highest BCUT2D eigenvalue weighted by Gasteiger charge is 2.24. The molecule has 2 N–H and O–H groups in total. The maximum atomic E-state index is 12.2. The van der Waals surface area contributed by atoms with E-state index in [-0.39, 0.29) is 17.3 Å². The molecule has 0 spiro atoms. The minimum absolute atomic E-state index is 0.00782. The Balaban J connectivity index is 1.85. The number of carbonyl (C=O) groups is 1. The van der Waals surface area contributed by atoms with Gasteiger partial charge in [0.05, 0.1) is 27.1 Å². The first kappa shape index (κ1) is 18.9. The fourth-order valence-electron chi connectivity index (χ4n) is 2.23. The van der Waals surface area contributed by atoms with Crippen LogP contribution < -0.4 is 10.1 Å². The monoisotopic (exact) mass is 449 g/mol. The number of halogens is 1. The molecule has 27 heavy (non-hydrogen) atoms. The number of phenolic OH excluding ortho intramolecular Hbond substituents is 1. The molecule has 1 aliphatic heterocycles. The Labute approximate surface area is 166 Å². The largest absolute Gasteiger partial charge is 0.504 e. The number of phenols is 1. The second-order valence-corrected chi connectivity index (χ2v) is 7.19. The van der Waals surface area contributed by atoms with Gasteiger partial charge in [0.1, 0.15) is 0 Å². The van der Waals surface area contributed by atoms with Gasteiger partial charge < -0.3 is 15.2 Å². The van der Waals surface area contributed by atoms with Gasteiger partial charge >= 0.3 is 0 Å². The van der Waals surface area contributed by atoms with Crippen LogP contribution in [0.25, 0.3) is 6.08 Å². The van der Waals surface area contributed by atoms with Crippen LogP contribution in [0.5, 0.6) is 11.5 Å². The van der Waals surface area contributed by atoms with Gasteiger partial charge in [0.15, 0.2) is 16.7 Å². The van der Waals surface area contributed by atoms with Crippen LogP contribution in [0.2, 0.25) is 0 Å². The van der Waals surface area contributed by atoms with Gasteiger partial charge in [-0.2, -0.15) is 0 Å². The summed E-state index contributed by atoms with van der Waals surface area (Å²) in [6.07, 6.45) is 1.65. The summed E-state index contributed by atoms with van der Waals surface area (Å²) in [6, 6.07) is 8.92. The Hall–Kier alpha value is -2.85. The average molecular weight is 450 g/mol. The van der Waals surface area contributed by atoms with Gasteiger partial charge in [0, 0.05) is 12.1 Å². The Bertz CT molecular complexity index is 1010. The van der Waals surface area contributed by atoms with Crippen LogP contribution >= 0.6 is 27.7 Å². The van der Waals surface area contributed by atoms with Crippen LogP contribution in [0.1, 0.15) is 5.56 Å². The van der Waals surface area contributed by atoms with Crippen molar-refractivity contribution in [3.8, 4) is 11.5 Å². The molecule has 0 saturated carbocycles. The van der Waals surface area contributed by atoms with E-state index in [1.807, 2.05) is 0 Å². The van der Waals surface area contributed by atoms with Gasteiger partial charge in [-0.1, -0.05) is 6.07 Å². The van der Waals surface area contributed by atoms with Crippen molar-refractivity contribution in [3.05, 3.63) is 61.5 Å². The molecule has 0 aromatic heterocycles. The van der Waals surface area contributed by atoms with Gasteiger partial charge in [0.25, 0.3) is 11.6 Å². The summed E-state index contributed by atoms with van der Waals surface area (Å²) in [4.78, 5) is 27.2. The molecule has 10 heteroatoms. The van der Waals surface area contributed by atoms with Crippen LogP contribution in [-0.2, 0) is 4.79 Å². The van der Waals surface area contributed by atoms with Crippen LogP contribution in [-0.4, -0.2) is 28.2 Å². The highest BCUT2D eigenvalue weighted by Crippen LogP contribution is 2.34. The van der Waals surface area contributed by atoms with Gasteiger partial charge in [-0.3, -0.25) is 14.9 Å². The van der Waals surface area contributed by atoms with E-state index in [2.05, 4.69) is 26.2 Å². The minimum Gasteiger partial charge on any atom is -0.504 e. The molecule has 2 aromatic carbocycles. The Morgan fingerprint density at radius 3 is 2.78 bits per heavy atom. The molecular formula is C17H12BrN3O5S. The maximum Gasteiger partial charge on any atom is 0.270 e. The lowest BCUT2D eigenvalue weighted by Gasteiger charge is -2.03. The molecule has 1 amide bonds. The smallest absolute Gasteiger partial charge is 0.270 e. The molecule has 0 radical (unpaired) electrons. The lowest BCUT2D eigenvalue weighted by atomic mass is 10.2. The number of hydrogen-bond acceptors (Lipinski definition) is 7. The first-order chi connectivity index (χ1) is 12.9. The first-order valence-corrected chi connectivity index (χ1v) is 9.09. The van der Waals surface area contributed by atoms with Crippen molar-refractivity contribution in [2.24, 2.45) is 4.99 Å². The molecule has 2 aromatic rings. The number of nitro groups is 1. The highest BCUT2D eigenvalue weighted by atomic mass is 79.9. The number of amides is 1. The summed E-state index contributed by atoms with van der Waals surface area (Å²) in [5, 5.41) is 23.4. The summed E-state index contributed by atoms with van der Waals surface area (Å²) >= 11 is 4.38. The molecule has 1 aliphatic rings. The quantitative estimate of drug-likeness (QED) is 0.414. The Morgan fingerprint density at radius 2 is 2.11 bits per heavy atom. The molecule has 1 saturated heterocycles. The zero-order valence-corrected chi connectivity index (χ0v) is 16.2. The second kappa shape index (κ2) is 7.80. The van der Waals surface area contributed by atoms with E-state index in [1.165, 1.54) is 31.4 Å². The molecule has 138 valence electrons. The predicted octanol–water partition coefficient (Wildman–Crippen LogP) is 3.96. The van der Waals surface area contributed by atoms with Crippen LogP contribution in [0, 0.1) is 10.1 Å². The number of methoxy groups -OCH3 is 1. The number of hydrogen-bond donors (Lipinski definition) is 2. The number of nitro benzene ring substituents is 1. The minimum atomic E-state index is -0.499. The lowest BCUT2D eigenvalue weighted by Crippen LogP contribution is -2.19. The van der Waals surface area contributed by atoms with E-state index >= 15 is 0 Å². The number of aliphatic imine (C=N–C) groups is 1. The average Bonchev–Trinajstić information content (AvgIpc) is 2.97. The molecular weight excluding hydrogens is 438 g/mol. The summed E-state index contributed by atoms with van der Waals surface area (Å²) < 4.78 is 5.50. The molecule has 1 heterocycles. The van der Waals surface area contributed by atoms with Crippen LogP contribution in [0.4, 0.5) is 11.4 Å². The normalized spacial score (nSPS) is 16.6. The molecule has 0 bridgehead atoms. The van der Waals surface area contributed by atoms with E-state index in [4.69, 9.17) is 4.74 Å². The number of thioether (sulfide) groups is 1. The van der Waals surface area contributed by atoms with E-state index in [0.717, 1.165) is 11.8 Å². The molecule has 0 aliphatic carbocycles. The number of nitrogens with zero attached hydrogens (tertiary/aromatic N) is 2. The van der Waals surface area contributed by atoms with Gasteiger partial charge in [-0.25, -0.2) is 4.99 Å². The van der Waals surface area contributed by atoms with Crippen molar-refractivity contribution < 1.29 is 19.6 Å². The van der Waals surface area contributed by atoms with E-state index < -0.39 is 4.92 Å². The lowest BCUT2D eigenvalue weighted by molar-refractivity contribution is -0.384. The number of ether oxygens (including phenoxy) is 1. The third-order valence-corrected chi connectivity index (χ3v) is 5.06. The van der Waals surface area contributed by atoms with Crippen molar-refractivity contribution in [2.75, 3.05) is 7.11 Å². The summed E-state index contributed by atoms with van der Waals surface area (Å²) in [5.74, 6) is -0.00580. The van der Waals surface area contributed by atoms with Gasteiger partial charge in [0.2, 0.25) is 0 Å². The van der Waals surface area contributed by atoms with Crippen molar-refractivity contribution >= 4 is 56.2 Å².